The summed E-state index contributed by atoms with van der Waals surface area (Å²) in [5.74, 6) is -0.402. The van der Waals surface area contributed by atoms with Gasteiger partial charge in [0.05, 0.1) is 12.2 Å². The molecule has 0 fully saturated rings. The van der Waals surface area contributed by atoms with Crippen LogP contribution in [-0.2, 0) is 27.3 Å². The highest BCUT2D eigenvalue weighted by Gasteiger charge is 2.23. The Hall–Kier alpha value is -3.27. The maximum absolute atomic E-state index is 12.5. The average Bonchev–Trinajstić information content (AvgIpc) is 3.27. The quantitative estimate of drug-likeness (QED) is 0.379. The standard InChI is InChI=1S/C21H19BrN4O5/c1-4-29-20(28)19-15(14-8-13(22)5-6-16(14)31-19)10-30-18(27)9-17-24-21-23-11(2)7-12(3)26(21)25-17/h5-8H,4,9-10H2,1-3H3. The maximum Gasteiger partial charge on any atom is 0.374 e. The molecule has 0 aliphatic heterocycles. The number of benzene rings is 1. The summed E-state index contributed by atoms with van der Waals surface area (Å²) < 4.78 is 18.5. The van der Waals surface area contributed by atoms with Crippen LogP contribution in [0.5, 0.6) is 0 Å². The van der Waals surface area contributed by atoms with Gasteiger partial charge in [-0.25, -0.2) is 14.3 Å². The summed E-state index contributed by atoms with van der Waals surface area (Å²) in [6.45, 7) is 5.50. The van der Waals surface area contributed by atoms with Crippen molar-refractivity contribution in [2.24, 2.45) is 0 Å². The summed E-state index contributed by atoms with van der Waals surface area (Å²) in [6, 6.07) is 7.20. The first-order valence-corrected chi connectivity index (χ1v) is 10.4. The van der Waals surface area contributed by atoms with Gasteiger partial charge in [-0.15, -0.1) is 5.10 Å². The fourth-order valence-electron chi connectivity index (χ4n) is 3.24. The van der Waals surface area contributed by atoms with Gasteiger partial charge in [0.1, 0.15) is 18.6 Å². The second-order valence-electron chi connectivity index (χ2n) is 6.89. The zero-order valence-electron chi connectivity index (χ0n) is 17.1. The van der Waals surface area contributed by atoms with Gasteiger partial charge >= 0.3 is 11.9 Å². The molecule has 0 aliphatic carbocycles. The zero-order chi connectivity index (χ0) is 22.1. The number of fused-ring (bicyclic) bond motifs is 2. The highest BCUT2D eigenvalue weighted by Crippen LogP contribution is 2.30. The Balaban J connectivity index is 1.55. The van der Waals surface area contributed by atoms with Crippen LogP contribution >= 0.6 is 15.9 Å². The van der Waals surface area contributed by atoms with Gasteiger partial charge in [0.25, 0.3) is 5.78 Å². The van der Waals surface area contributed by atoms with Crippen LogP contribution in [0.15, 0.2) is 33.2 Å². The number of carbonyl (C=O) groups excluding carboxylic acids is 2. The third-order valence-corrected chi connectivity index (χ3v) is 5.05. The molecular weight excluding hydrogens is 468 g/mol. The van der Waals surface area contributed by atoms with Crippen LogP contribution in [-0.4, -0.2) is 38.1 Å². The third kappa shape index (κ3) is 4.29. The monoisotopic (exact) mass is 486 g/mol. The van der Waals surface area contributed by atoms with Crippen molar-refractivity contribution in [3.8, 4) is 0 Å². The van der Waals surface area contributed by atoms with Crippen molar-refractivity contribution in [3.63, 3.8) is 0 Å². The predicted molar refractivity (Wildman–Crippen MR) is 114 cm³/mol. The number of nitrogens with zero attached hydrogens (tertiary/aromatic N) is 4. The molecule has 0 amide bonds. The Morgan fingerprint density at radius 3 is 2.74 bits per heavy atom. The van der Waals surface area contributed by atoms with Gasteiger partial charge < -0.3 is 13.9 Å². The molecule has 3 aromatic heterocycles. The number of ether oxygens (including phenoxy) is 2. The van der Waals surface area contributed by atoms with Gasteiger partial charge in [-0.05, 0) is 45.0 Å². The van der Waals surface area contributed by atoms with E-state index in [4.69, 9.17) is 13.9 Å². The number of rotatable bonds is 6. The Morgan fingerprint density at radius 2 is 1.97 bits per heavy atom. The van der Waals surface area contributed by atoms with Crippen molar-refractivity contribution >= 4 is 44.6 Å². The molecule has 160 valence electrons. The van der Waals surface area contributed by atoms with Crippen molar-refractivity contribution in [1.82, 2.24) is 19.6 Å². The first-order chi connectivity index (χ1) is 14.9. The Kier molecular flexibility index (Phi) is 5.73. The van der Waals surface area contributed by atoms with Gasteiger partial charge in [-0.2, -0.15) is 4.98 Å². The largest absolute Gasteiger partial charge is 0.460 e. The van der Waals surface area contributed by atoms with Crippen LogP contribution in [0.1, 0.15) is 40.3 Å². The molecule has 0 aliphatic rings. The Labute approximate surface area is 185 Å². The second kappa shape index (κ2) is 8.46. The molecule has 0 unspecified atom stereocenters. The Morgan fingerprint density at radius 1 is 1.16 bits per heavy atom. The Bertz CT molecular complexity index is 1310. The lowest BCUT2D eigenvalue weighted by Gasteiger charge is -2.05. The molecule has 3 heterocycles. The lowest BCUT2D eigenvalue weighted by Crippen LogP contribution is -2.12. The molecule has 0 radical (unpaired) electrons. The number of halogens is 1. The number of hydrogen-bond donors (Lipinski definition) is 0. The predicted octanol–water partition coefficient (Wildman–Crippen LogP) is 3.71. The second-order valence-corrected chi connectivity index (χ2v) is 7.80. The topological polar surface area (TPSA) is 109 Å². The number of furan rings is 1. The van der Waals surface area contributed by atoms with Crippen molar-refractivity contribution in [1.29, 1.82) is 0 Å². The van der Waals surface area contributed by atoms with Gasteiger partial charge in [-0.1, -0.05) is 15.9 Å². The molecule has 0 spiro atoms. The van der Waals surface area contributed by atoms with Crippen molar-refractivity contribution in [2.75, 3.05) is 6.61 Å². The van der Waals surface area contributed by atoms with E-state index in [-0.39, 0.29) is 25.4 Å². The lowest BCUT2D eigenvalue weighted by atomic mass is 10.1. The number of aryl methyl sites for hydroxylation is 2. The highest BCUT2D eigenvalue weighted by molar-refractivity contribution is 9.10. The number of carbonyl (C=O) groups is 2. The van der Waals surface area contributed by atoms with Crippen LogP contribution in [0, 0.1) is 13.8 Å². The summed E-state index contributed by atoms with van der Waals surface area (Å²) in [6.07, 6.45) is -0.129. The van der Waals surface area contributed by atoms with Gasteiger partial charge in [-0.3, -0.25) is 4.79 Å². The zero-order valence-corrected chi connectivity index (χ0v) is 18.7. The summed E-state index contributed by atoms with van der Waals surface area (Å²) >= 11 is 3.41. The van der Waals surface area contributed by atoms with E-state index in [0.29, 0.717) is 28.1 Å². The van der Waals surface area contributed by atoms with Crippen LogP contribution < -0.4 is 0 Å². The van der Waals surface area contributed by atoms with Gasteiger partial charge in [0.2, 0.25) is 5.76 Å². The van der Waals surface area contributed by atoms with E-state index < -0.39 is 11.9 Å². The molecule has 0 N–H and O–H groups in total. The summed E-state index contributed by atoms with van der Waals surface area (Å²) in [4.78, 5) is 33.4. The molecule has 31 heavy (non-hydrogen) atoms. The van der Waals surface area contributed by atoms with Crippen LogP contribution in [0.3, 0.4) is 0 Å². The number of aromatic nitrogens is 4. The van der Waals surface area contributed by atoms with Crippen LogP contribution in [0.2, 0.25) is 0 Å². The first-order valence-electron chi connectivity index (χ1n) is 9.59. The molecule has 0 saturated carbocycles. The van der Waals surface area contributed by atoms with Gasteiger partial charge in [0.15, 0.2) is 5.82 Å². The van der Waals surface area contributed by atoms with Crippen molar-refractivity contribution in [2.45, 2.75) is 33.8 Å². The summed E-state index contributed by atoms with van der Waals surface area (Å²) in [5, 5.41) is 4.97. The smallest absolute Gasteiger partial charge is 0.374 e. The molecular formula is C21H19BrN4O5. The minimum atomic E-state index is -0.611. The summed E-state index contributed by atoms with van der Waals surface area (Å²) in [5.41, 5.74) is 2.62. The van der Waals surface area contributed by atoms with E-state index in [9.17, 15) is 9.59 Å². The molecule has 1 aromatic carbocycles. The third-order valence-electron chi connectivity index (χ3n) is 4.56. The minimum Gasteiger partial charge on any atom is -0.460 e. The molecule has 4 rings (SSSR count). The fraction of sp³-hybridized carbons (Fsp3) is 0.286. The molecule has 4 aromatic rings. The van der Waals surface area contributed by atoms with E-state index in [1.54, 1.807) is 29.6 Å². The molecule has 0 atom stereocenters. The van der Waals surface area contributed by atoms with E-state index in [0.717, 1.165) is 15.9 Å². The van der Waals surface area contributed by atoms with E-state index in [2.05, 4.69) is 31.0 Å². The number of hydrogen-bond acceptors (Lipinski definition) is 8. The first kappa shape index (κ1) is 21.0. The maximum atomic E-state index is 12.5. The molecule has 0 bridgehead atoms. The fourth-order valence-corrected chi connectivity index (χ4v) is 3.60. The normalized spacial score (nSPS) is 11.2. The minimum absolute atomic E-state index is 0.0175. The van der Waals surface area contributed by atoms with Crippen molar-refractivity contribution < 1.29 is 23.5 Å². The van der Waals surface area contributed by atoms with E-state index >= 15 is 0 Å². The SMILES string of the molecule is CCOC(=O)c1oc2ccc(Br)cc2c1COC(=O)Cc1nc2nc(C)cc(C)n2n1. The van der Waals surface area contributed by atoms with Crippen molar-refractivity contribution in [3.05, 3.63) is 57.3 Å². The van der Waals surface area contributed by atoms with Gasteiger partial charge in [0, 0.05) is 21.2 Å². The molecule has 10 heteroatoms. The molecule has 9 nitrogen and oxygen atoms in total. The van der Waals surface area contributed by atoms with Crippen LogP contribution in [0.25, 0.3) is 16.7 Å². The van der Waals surface area contributed by atoms with E-state index in [1.165, 1.54) is 0 Å². The summed E-state index contributed by atoms with van der Waals surface area (Å²) in [7, 11) is 0. The van der Waals surface area contributed by atoms with Crippen LogP contribution in [0.4, 0.5) is 0 Å². The van der Waals surface area contributed by atoms with E-state index in [1.807, 2.05) is 19.9 Å². The highest BCUT2D eigenvalue weighted by atomic mass is 79.9. The molecule has 0 saturated heterocycles. The number of esters is 2. The lowest BCUT2D eigenvalue weighted by molar-refractivity contribution is -0.144. The average molecular weight is 487 g/mol.